The minimum atomic E-state index is 0. The number of rotatable bonds is 4. The molecule has 0 saturated heterocycles. The third-order valence-corrected chi connectivity index (χ3v) is 1.73. The van der Waals surface area contributed by atoms with Crippen molar-refractivity contribution in [2.45, 2.75) is 13.8 Å². The van der Waals surface area contributed by atoms with Gasteiger partial charge in [-0.3, -0.25) is 4.79 Å². The maximum atomic E-state index is 11.5. The zero-order valence-electron chi connectivity index (χ0n) is 9.30. The summed E-state index contributed by atoms with van der Waals surface area (Å²) in [6.45, 7) is 6.24. The van der Waals surface area contributed by atoms with E-state index in [1.807, 2.05) is 39.9 Å². The Hall–Kier alpha value is -0.280. The second-order valence-electron chi connectivity index (χ2n) is 4.01. The normalized spacial score (nSPS) is 10.5. The van der Waals surface area contributed by atoms with Crippen LogP contribution in [-0.2, 0) is 4.79 Å². The Morgan fingerprint density at radius 3 is 1.77 bits per heavy atom. The molecule has 0 spiro atoms. The predicted octanol–water partition coefficient (Wildman–Crippen LogP) is -2.43. The molecule has 0 unspecified atom stereocenters. The SMILES string of the molecule is CCN(CC)C(=O)C[N+](C)(C)C.[Cl-]. The molecule has 0 aliphatic carbocycles. The third-order valence-electron chi connectivity index (χ3n) is 1.73. The lowest BCUT2D eigenvalue weighted by atomic mass is 10.4. The predicted molar refractivity (Wildman–Crippen MR) is 50.8 cm³/mol. The fraction of sp³-hybridized carbons (Fsp3) is 0.889. The second kappa shape index (κ2) is 6.22. The van der Waals surface area contributed by atoms with Gasteiger partial charge in [-0.05, 0) is 13.8 Å². The summed E-state index contributed by atoms with van der Waals surface area (Å²) in [5, 5.41) is 0. The maximum absolute atomic E-state index is 11.5. The topological polar surface area (TPSA) is 20.3 Å². The molecule has 0 N–H and O–H groups in total. The Morgan fingerprint density at radius 2 is 1.54 bits per heavy atom. The van der Waals surface area contributed by atoms with E-state index in [2.05, 4.69) is 0 Å². The van der Waals surface area contributed by atoms with Gasteiger partial charge in [0.15, 0.2) is 6.54 Å². The van der Waals surface area contributed by atoms with E-state index in [1.165, 1.54) is 0 Å². The van der Waals surface area contributed by atoms with Crippen LogP contribution in [-0.4, -0.2) is 56.1 Å². The summed E-state index contributed by atoms with van der Waals surface area (Å²) in [7, 11) is 6.09. The Balaban J connectivity index is 0. The first-order valence-corrected chi connectivity index (χ1v) is 4.49. The van der Waals surface area contributed by atoms with E-state index < -0.39 is 0 Å². The highest BCUT2D eigenvalue weighted by Gasteiger charge is 2.17. The van der Waals surface area contributed by atoms with Gasteiger partial charge in [-0.15, -0.1) is 0 Å². The van der Waals surface area contributed by atoms with Crippen molar-refractivity contribution in [3.8, 4) is 0 Å². The molecular formula is C9H21ClN2O. The summed E-state index contributed by atoms with van der Waals surface area (Å²) in [6.07, 6.45) is 0. The lowest BCUT2D eigenvalue weighted by Crippen LogP contribution is -3.00. The minimum Gasteiger partial charge on any atom is -1.00 e. The Morgan fingerprint density at radius 1 is 1.15 bits per heavy atom. The lowest BCUT2D eigenvalue weighted by molar-refractivity contribution is -0.862. The molecule has 0 aromatic carbocycles. The summed E-state index contributed by atoms with van der Waals surface area (Å²) in [6, 6.07) is 0. The zero-order chi connectivity index (χ0) is 9.78. The van der Waals surface area contributed by atoms with Crippen LogP contribution in [0.25, 0.3) is 0 Å². The van der Waals surface area contributed by atoms with E-state index in [1.54, 1.807) is 0 Å². The molecule has 0 bridgehead atoms. The quantitative estimate of drug-likeness (QED) is 0.471. The summed E-state index contributed by atoms with van der Waals surface area (Å²) in [4.78, 5) is 13.4. The summed E-state index contributed by atoms with van der Waals surface area (Å²) < 4.78 is 0.704. The van der Waals surface area contributed by atoms with Gasteiger partial charge in [0.05, 0.1) is 21.1 Å². The highest BCUT2D eigenvalue weighted by molar-refractivity contribution is 5.77. The van der Waals surface area contributed by atoms with Crippen LogP contribution in [0.3, 0.4) is 0 Å². The van der Waals surface area contributed by atoms with Crippen molar-refractivity contribution < 1.29 is 21.7 Å². The fourth-order valence-electron chi connectivity index (χ4n) is 1.08. The van der Waals surface area contributed by atoms with Crippen molar-refractivity contribution in [2.24, 2.45) is 0 Å². The number of carbonyl (C=O) groups is 1. The van der Waals surface area contributed by atoms with Gasteiger partial charge in [0.2, 0.25) is 0 Å². The molecule has 0 aliphatic heterocycles. The van der Waals surface area contributed by atoms with Crippen LogP contribution in [0.15, 0.2) is 0 Å². The molecule has 0 rings (SSSR count). The van der Waals surface area contributed by atoms with Gasteiger partial charge in [0.1, 0.15) is 0 Å². The molecule has 0 radical (unpaired) electrons. The molecule has 4 heteroatoms. The molecule has 3 nitrogen and oxygen atoms in total. The van der Waals surface area contributed by atoms with Gasteiger partial charge < -0.3 is 21.8 Å². The number of halogens is 1. The fourth-order valence-corrected chi connectivity index (χ4v) is 1.08. The standard InChI is InChI=1S/C9H21N2O.ClH/c1-6-10(7-2)9(12)8-11(3,4)5;/h6-8H2,1-5H3;1H/q+1;/p-1. The van der Waals surface area contributed by atoms with E-state index >= 15 is 0 Å². The highest BCUT2D eigenvalue weighted by atomic mass is 35.5. The number of likely N-dealkylation sites (N-methyl/N-ethyl adjacent to an activating group) is 2. The van der Waals surface area contributed by atoms with Crippen LogP contribution < -0.4 is 12.4 Å². The van der Waals surface area contributed by atoms with Gasteiger partial charge >= 0.3 is 0 Å². The van der Waals surface area contributed by atoms with Crippen molar-refractivity contribution in [3.05, 3.63) is 0 Å². The average molecular weight is 209 g/mol. The first kappa shape index (κ1) is 15.2. The highest BCUT2D eigenvalue weighted by Crippen LogP contribution is 1.95. The van der Waals surface area contributed by atoms with Crippen molar-refractivity contribution in [1.82, 2.24) is 4.90 Å². The molecule has 0 atom stereocenters. The Kier molecular flexibility index (Phi) is 7.27. The van der Waals surface area contributed by atoms with E-state index in [0.29, 0.717) is 11.0 Å². The van der Waals surface area contributed by atoms with Gasteiger partial charge in [0.25, 0.3) is 5.91 Å². The zero-order valence-corrected chi connectivity index (χ0v) is 10.1. The molecule has 0 aromatic rings. The first-order valence-electron chi connectivity index (χ1n) is 4.49. The average Bonchev–Trinajstić information content (AvgIpc) is 1.85. The van der Waals surface area contributed by atoms with Crippen LogP contribution in [0.4, 0.5) is 0 Å². The van der Waals surface area contributed by atoms with Crippen LogP contribution >= 0.6 is 0 Å². The molecule has 0 heterocycles. The van der Waals surface area contributed by atoms with Gasteiger partial charge in [-0.25, -0.2) is 0 Å². The third kappa shape index (κ3) is 6.84. The second-order valence-corrected chi connectivity index (χ2v) is 4.01. The molecule has 80 valence electrons. The molecule has 13 heavy (non-hydrogen) atoms. The molecular weight excluding hydrogens is 188 g/mol. The van der Waals surface area contributed by atoms with Crippen molar-refractivity contribution in [3.63, 3.8) is 0 Å². The van der Waals surface area contributed by atoms with Crippen LogP contribution in [0.5, 0.6) is 0 Å². The van der Waals surface area contributed by atoms with Gasteiger partial charge in [-0.2, -0.15) is 0 Å². The largest absolute Gasteiger partial charge is 1.00 e. The number of nitrogens with zero attached hydrogens (tertiary/aromatic N) is 2. The van der Waals surface area contributed by atoms with Crippen LogP contribution in [0, 0.1) is 0 Å². The molecule has 0 aliphatic rings. The number of quaternary nitrogens is 1. The maximum Gasteiger partial charge on any atom is 0.277 e. The van der Waals surface area contributed by atoms with E-state index in [9.17, 15) is 4.79 Å². The van der Waals surface area contributed by atoms with Crippen molar-refractivity contribution >= 4 is 5.91 Å². The van der Waals surface area contributed by atoms with Crippen LogP contribution in [0.1, 0.15) is 13.8 Å². The lowest BCUT2D eigenvalue weighted by Gasteiger charge is -2.27. The van der Waals surface area contributed by atoms with Crippen LogP contribution in [0.2, 0.25) is 0 Å². The summed E-state index contributed by atoms with van der Waals surface area (Å²) >= 11 is 0. The monoisotopic (exact) mass is 208 g/mol. The number of hydrogen-bond acceptors (Lipinski definition) is 1. The Bertz CT molecular complexity index is 150. The summed E-state index contributed by atoms with van der Waals surface area (Å²) in [5.41, 5.74) is 0. The summed E-state index contributed by atoms with van der Waals surface area (Å²) in [5.74, 6) is 0.243. The Labute approximate surface area is 87.7 Å². The molecule has 0 fully saturated rings. The number of carbonyl (C=O) groups excluding carboxylic acids is 1. The molecule has 0 aromatic heterocycles. The van der Waals surface area contributed by atoms with Gasteiger partial charge in [-0.1, -0.05) is 0 Å². The van der Waals surface area contributed by atoms with Gasteiger partial charge in [0, 0.05) is 13.1 Å². The van der Waals surface area contributed by atoms with E-state index in [0.717, 1.165) is 13.1 Å². The number of amides is 1. The molecule has 0 saturated carbocycles. The van der Waals surface area contributed by atoms with E-state index in [4.69, 9.17) is 0 Å². The first-order chi connectivity index (χ1) is 5.40. The minimum absolute atomic E-state index is 0. The molecule has 1 amide bonds. The van der Waals surface area contributed by atoms with Crippen molar-refractivity contribution in [2.75, 3.05) is 40.8 Å². The van der Waals surface area contributed by atoms with Crippen molar-refractivity contribution in [1.29, 1.82) is 0 Å². The number of hydrogen-bond donors (Lipinski definition) is 0. The smallest absolute Gasteiger partial charge is 0.277 e. The van der Waals surface area contributed by atoms with E-state index in [-0.39, 0.29) is 18.3 Å².